The molecule has 0 heterocycles. The molecule has 0 aromatic heterocycles. The summed E-state index contributed by atoms with van der Waals surface area (Å²) in [7, 11) is 0. The minimum Gasteiger partial charge on any atom is -0.212 e. The van der Waals surface area contributed by atoms with Crippen LogP contribution in [0.1, 0.15) is 20.8 Å². The van der Waals surface area contributed by atoms with Crippen molar-refractivity contribution in [3.63, 3.8) is 0 Å². The summed E-state index contributed by atoms with van der Waals surface area (Å²) in [6.07, 6.45) is 0. The van der Waals surface area contributed by atoms with E-state index in [1.54, 1.807) is 13.8 Å². The molecule has 0 nitrogen and oxygen atoms in total. The first kappa shape index (κ1) is 5.67. The molecule has 0 fully saturated rings. The number of allylic oxidation sites excluding steroid dienone is 2. The van der Waals surface area contributed by atoms with Gasteiger partial charge in [-0.05, 0) is 26.3 Å². The molecule has 0 aliphatic carbocycles. The lowest BCUT2D eigenvalue weighted by atomic mass is 10.3. The fraction of sp³-hybridized carbons (Fsp3) is 0.600. The summed E-state index contributed by atoms with van der Waals surface area (Å²) in [6, 6.07) is 0. The van der Waals surface area contributed by atoms with Gasteiger partial charge < -0.3 is 0 Å². The zero-order chi connectivity index (χ0) is 5.15. The number of hydrogen-bond acceptors (Lipinski definition) is 0. The predicted molar refractivity (Wildman–Crippen MR) is 25.2 cm³/mol. The molecule has 0 aromatic carbocycles. The third-order valence-electron chi connectivity index (χ3n) is 0.689. The zero-order valence-electron chi connectivity index (χ0n) is 4.38. The Bertz CT molecular complexity index is 54.0. The monoisotopic (exact) mass is 88.1 g/mol. The van der Waals surface area contributed by atoms with Gasteiger partial charge in [-0.25, -0.2) is 4.39 Å². The van der Waals surface area contributed by atoms with E-state index >= 15 is 0 Å². The maximum absolute atomic E-state index is 11.7. The van der Waals surface area contributed by atoms with Crippen molar-refractivity contribution in [2.75, 3.05) is 0 Å². The van der Waals surface area contributed by atoms with Crippen LogP contribution in [0.2, 0.25) is 0 Å². The highest BCUT2D eigenvalue weighted by Gasteiger charge is 1.80. The molecule has 0 aromatic rings. The maximum atomic E-state index is 11.7. The summed E-state index contributed by atoms with van der Waals surface area (Å²) in [5, 5.41) is 0. The lowest BCUT2D eigenvalue weighted by Crippen LogP contribution is -1.64. The Hall–Kier alpha value is -0.330. The molecule has 0 unspecified atom stereocenters. The first-order valence-corrected chi connectivity index (χ1v) is 1.94. The lowest BCUT2D eigenvalue weighted by Gasteiger charge is -1.83. The molecule has 0 bridgehead atoms. The van der Waals surface area contributed by atoms with Crippen molar-refractivity contribution in [2.24, 2.45) is 0 Å². The SMILES string of the molecule is CC(C)=C(C)F. The van der Waals surface area contributed by atoms with Gasteiger partial charge in [-0.1, -0.05) is 0 Å². The van der Waals surface area contributed by atoms with Gasteiger partial charge in [0, 0.05) is 0 Å². The minimum absolute atomic E-state index is 0.0741. The molecule has 0 radical (unpaired) electrons. The largest absolute Gasteiger partial charge is 0.212 e. The first-order valence-electron chi connectivity index (χ1n) is 1.94. The highest BCUT2D eigenvalue weighted by atomic mass is 19.1. The molecule has 0 spiro atoms. The molecule has 0 aliphatic rings. The normalized spacial score (nSPS) is 8.00. The van der Waals surface area contributed by atoms with Crippen LogP contribution in [0.4, 0.5) is 4.39 Å². The summed E-state index contributed by atoms with van der Waals surface area (Å²) in [6.45, 7) is 4.94. The van der Waals surface area contributed by atoms with Crippen LogP contribution in [0.15, 0.2) is 11.4 Å². The van der Waals surface area contributed by atoms with Gasteiger partial charge in [0.1, 0.15) is 0 Å². The number of hydrogen-bond donors (Lipinski definition) is 0. The van der Waals surface area contributed by atoms with Crippen LogP contribution in [0, 0.1) is 0 Å². The molecule has 0 rings (SSSR count). The van der Waals surface area contributed by atoms with E-state index in [4.69, 9.17) is 0 Å². The van der Waals surface area contributed by atoms with Gasteiger partial charge in [-0.15, -0.1) is 0 Å². The van der Waals surface area contributed by atoms with Crippen LogP contribution in [0.25, 0.3) is 0 Å². The van der Waals surface area contributed by atoms with E-state index in [-0.39, 0.29) is 5.83 Å². The summed E-state index contributed by atoms with van der Waals surface area (Å²) in [5.41, 5.74) is 0.759. The summed E-state index contributed by atoms with van der Waals surface area (Å²) < 4.78 is 11.7. The Balaban J connectivity index is 3.68. The van der Waals surface area contributed by atoms with Crippen LogP contribution in [-0.4, -0.2) is 0 Å². The summed E-state index contributed by atoms with van der Waals surface area (Å²) >= 11 is 0. The second kappa shape index (κ2) is 1.96. The number of rotatable bonds is 0. The lowest BCUT2D eigenvalue weighted by molar-refractivity contribution is 0.627. The van der Waals surface area contributed by atoms with Gasteiger partial charge in [0.25, 0.3) is 0 Å². The van der Waals surface area contributed by atoms with Gasteiger partial charge >= 0.3 is 0 Å². The van der Waals surface area contributed by atoms with Crippen molar-refractivity contribution in [1.29, 1.82) is 0 Å². The minimum atomic E-state index is -0.0741. The Morgan fingerprint density at radius 1 is 1.17 bits per heavy atom. The van der Waals surface area contributed by atoms with Crippen molar-refractivity contribution < 1.29 is 4.39 Å². The Morgan fingerprint density at radius 2 is 1.33 bits per heavy atom. The molecule has 0 aliphatic heterocycles. The molecule has 36 valence electrons. The van der Waals surface area contributed by atoms with Crippen LogP contribution in [-0.2, 0) is 0 Å². The third-order valence-corrected chi connectivity index (χ3v) is 0.689. The van der Waals surface area contributed by atoms with E-state index in [0.717, 1.165) is 5.57 Å². The molecule has 0 N–H and O–H groups in total. The fourth-order valence-electron chi connectivity index (χ4n) is 0. The average Bonchev–Trinajstić information content (AvgIpc) is 1.36. The Morgan fingerprint density at radius 3 is 1.33 bits per heavy atom. The van der Waals surface area contributed by atoms with Crippen LogP contribution >= 0.6 is 0 Å². The van der Waals surface area contributed by atoms with Crippen LogP contribution < -0.4 is 0 Å². The van der Waals surface area contributed by atoms with E-state index in [2.05, 4.69) is 0 Å². The van der Waals surface area contributed by atoms with Gasteiger partial charge in [0.15, 0.2) is 0 Å². The Labute approximate surface area is 37.7 Å². The second-order valence-corrected chi connectivity index (χ2v) is 1.53. The molecular formula is C5H9F. The molecule has 1 heteroatoms. The van der Waals surface area contributed by atoms with Crippen LogP contribution in [0.3, 0.4) is 0 Å². The van der Waals surface area contributed by atoms with Crippen molar-refractivity contribution in [3.8, 4) is 0 Å². The molecule has 0 saturated heterocycles. The topological polar surface area (TPSA) is 0 Å². The smallest absolute Gasteiger partial charge is 0.0955 e. The Kier molecular flexibility index (Phi) is 1.85. The second-order valence-electron chi connectivity index (χ2n) is 1.53. The average molecular weight is 88.1 g/mol. The van der Waals surface area contributed by atoms with Crippen molar-refractivity contribution in [1.82, 2.24) is 0 Å². The highest BCUT2D eigenvalue weighted by molar-refractivity contribution is 4.97. The fourth-order valence-corrected chi connectivity index (χ4v) is 0. The highest BCUT2D eigenvalue weighted by Crippen LogP contribution is 2.00. The summed E-state index contributed by atoms with van der Waals surface area (Å²) in [4.78, 5) is 0. The van der Waals surface area contributed by atoms with Gasteiger partial charge in [0.05, 0.1) is 5.83 Å². The standard InChI is InChI=1S/C5H9F/c1-4(2)5(3)6/h1-3H3. The summed E-state index contributed by atoms with van der Waals surface area (Å²) in [5.74, 6) is -0.0741. The molecular weight excluding hydrogens is 79.1 g/mol. The zero-order valence-corrected chi connectivity index (χ0v) is 4.38. The van der Waals surface area contributed by atoms with Gasteiger partial charge in [0.2, 0.25) is 0 Å². The van der Waals surface area contributed by atoms with Crippen molar-refractivity contribution >= 4 is 0 Å². The van der Waals surface area contributed by atoms with E-state index in [1.165, 1.54) is 6.92 Å². The molecule has 6 heavy (non-hydrogen) atoms. The van der Waals surface area contributed by atoms with Crippen molar-refractivity contribution in [2.45, 2.75) is 20.8 Å². The van der Waals surface area contributed by atoms with Crippen molar-refractivity contribution in [3.05, 3.63) is 11.4 Å². The maximum Gasteiger partial charge on any atom is 0.0955 e. The van der Waals surface area contributed by atoms with E-state index in [9.17, 15) is 4.39 Å². The first-order chi connectivity index (χ1) is 2.64. The van der Waals surface area contributed by atoms with Gasteiger partial charge in [-0.2, -0.15) is 0 Å². The van der Waals surface area contributed by atoms with E-state index < -0.39 is 0 Å². The molecule has 0 amide bonds. The quantitative estimate of drug-likeness (QED) is 0.426. The number of halogens is 1. The van der Waals surface area contributed by atoms with Gasteiger partial charge in [-0.3, -0.25) is 0 Å². The third kappa shape index (κ3) is 1.94. The predicted octanol–water partition coefficient (Wildman–Crippen LogP) is 2.27. The molecule has 0 saturated carbocycles. The molecule has 0 atom stereocenters. The van der Waals surface area contributed by atoms with E-state index in [1.807, 2.05) is 0 Å². The van der Waals surface area contributed by atoms with E-state index in [0.29, 0.717) is 0 Å². The van der Waals surface area contributed by atoms with Crippen LogP contribution in [0.5, 0.6) is 0 Å².